The molecule has 10 heteroatoms. The van der Waals surface area contributed by atoms with Crippen LogP contribution in [0.4, 0.5) is 5.82 Å². The minimum Gasteiger partial charge on any atom is -0.454 e. The predicted octanol–water partition coefficient (Wildman–Crippen LogP) is 0.939. The van der Waals surface area contributed by atoms with E-state index < -0.39 is 0 Å². The van der Waals surface area contributed by atoms with E-state index >= 15 is 0 Å². The lowest BCUT2D eigenvalue weighted by molar-refractivity contribution is -0.121. The number of aryl methyl sites for hydroxylation is 1. The molecule has 1 saturated heterocycles. The number of nitrogens with zero attached hydrogens (tertiary/aromatic N) is 5. The SMILES string of the molecule is O=C(CCc1nnc2ccc(N3CCOCC3)nn12)NCc1ccc2c(c1)OCO2. The molecule has 5 rings (SSSR count). The molecule has 0 aliphatic carbocycles. The fourth-order valence-electron chi connectivity index (χ4n) is 3.51. The zero-order valence-corrected chi connectivity index (χ0v) is 16.4. The van der Waals surface area contributed by atoms with Crippen LogP contribution in [0, 0.1) is 0 Å². The maximum Gasteiger partial charge on any atom is 0.231 e. The Hall–Kier alpha value is -3.40. The van der Waals surface area contributed by atoms with Crippen molar-refractivity contribution in [1.29, 1.82) is 0 Å². The summed E-state index contributed by atoms with van der Waals surface area (Å²) in [6.45, 7) is 3.65. The number of rotatable bonds is 6. The topological polar surface area (TPSA) is 103 Å². The summed E-state index contributed by atoms with van der Waals surface area (Å²) < 4.78 is 17.8. The van der Waals surface area contributed by atoms with Crippen LogP contribution in [0.3, 0.4) is 0 Å². The second-order valence-corrected chi connectivity index (χ2v) is 7.14. The van der Waals surface area contributed by atoms with Crippen molar-refractivity contribution in [2.75, 3.05) is 38.0 Å². The number of carbonyl (C=O) groups excluding carboxylic acids is 1. The van der Waals surface area contributed by atoms with Gasteiger partial charge < -0.3 is 24.4 Å². The van der Waals surface area contributed by atoms with Crippen molar-refractivity contribution in [3.05, 3.63) is 41.7 Å². The Morgan fingerprint density at radius 3 is 2.83 bits per heavy atom. The largest absolute Gasteiger partial charge is 0.454 e. The molecule has 3 aromatic rings. The van der Waals surface area contributed by atoms with Crippen LogP contribution in [-0.2, 0) is 22.5 Å². The van der Waals surface area contributed by atoms with Gasteiger partial charge in [-0.1, -0.05) is 6.07 Å². The van der Waals surface area contributed by atoms with Gasteiger partial charge in [-0.25, -0.2) is 0 Å². The van der Waals surface area contributed by atoms with Gasteiger partial charge in [-0.2, -0.15) is 4.52 Å². The van der Waals surface area contributed by atoms with E-state index in [0.29, 0.717) is 49.8 Å². The molecule has 156 valence electrons. The summed E-state index contributed by atoms with van der Waals surface area (Å²) in [7, 11) is 0. The predicted molar refractivity (Wildman–Crippen MR) is 107 cm³/mol. The average molecular weight is 410 g/mol. The lowest BCUT2D eigenvalue weighted by Crippen LogP contribution is -2.37. The molecular formula is C20H22N6O4. The van der Waals surface area contributed by atoms with Gasteiger partial charge in [0, 0.05) is 32.5 Å². The highest BCUT2D eigenvalue weighted by molar-refractivity contribution is 5.76. The highest BCUT2D eigenvalue weighted by Crippen LogP contribution is 2.32. The van der Waals surface area contributed by atoms with Gasteiger partial charge >= 0.3 is 0 Å². The molecule has 0 bridgehead atoms. The normalized spacial score (nSPS) is 15.5. The lowest BCUT2D eigenvalue weighted by atomic mass is 10.2. The first-order chi connectivity index (χ1) is 14.8. The molecule has 2 aliphatic heterocycles. The van der Waals surface area contributed by atoms with Crippen molar-refractivity contribution >= 4 is 17.4 Å². The van der Waals surface area contributed by atoms with Gasteiger partial charge in [0.2, 0.25) is 12.7 Å². The number of hydrogen-bond acceptors (Lipinski definition) is 8. The zero-order chi connectivity index (χ0) is 20.3. The maximum atomic E-state index is 12.3. The molecule has 1 amide bonds. The number of morpholine rings is 1. The van der Waals surface area contributed by atoms with E-state index in [2.05, 4.69) is 25.5 Å². The summed E-state index contributed by atoms with van der Waals surface area (Å²) in [5.41, 5.74) is 1.63. The third kappa shape index (κ3) is 3.86. The molecule has 1 fully saturated rings. The molecule has 2 aliphatic rings. The van der Waals surface area contributed by atoms with Gasteiger partial charge in [0.15, 0.2) is 23.0 Å². The second kappa shape index (κ2) is 8.15. The number of amides is 1. The summed E-state index contributed by atoms with van der Waals surface area (Å²) in [5, 5.41) is 16.0. The molecule has 1 N–H and O–H groups in total. The van der Waals surface area contributed by atoms with Crippen molar-refractivity contribution < 1.29 is 19.0 Å². The van der Waals surface area contributed by atoms with Crippen molar-refractivity contribution in [1.82, 2.24) is 25.1 Å². The summed E-state index contributed by atoms with van der Waals surface area (Å²) in [4.78, 5) is 14.5. The molecule has 4 heterocycles. The first kappa shape index (κ1) is 18.6. The number of benzene rings is 1. The first-order valence-electron chi connectivity index (χ1n) is 9.95. The third-order valence-corrected chi connectivity index (χ3v) is 5.15. The van der Waals surface area contributed by atoms with Gasteiger partial charge in [0.1, 0.15) is 5.82 Å². The number of carbonyl (C=O) groups is 1. The number of ether oxygens (including phenoxy) is 3. The molecule has 0 spiro atoms. The molecule has 1 aromatic carbocycles. The number of aromatic nitrogens is 4. The fraction of sp³-hybridized carbons (Fsp3) is 0.400. The number of fused-ring (bicyclic) bond motifs is 2. The number of hydrogen-bond donors (Lipinski definition) is 1. The average Bonchev–Trinajstić information content (AvgIpc) is 3.42. The van der Waals surface area contributed by atoms with Crippen molar-refractivity contribution in [2.45, 2.75) is 19.4 Å². The van der Waals surface area contributed by atoms with Crippen LogP contribution in [0.5, 0.6) is 11.5 Å². The fourth-order valence-corrected chi connectivity index (χ4v) is 3.51. The molecule has 10 nitrogen and oxygen atoms in total. The highest BCUT2D eigenvalue weighted by Gasteiger charge is 2.16. The van der Waals surface area contributed by atoms with E-state index in [9.17, 15) is 4.79 Å². The van der Waals surface area contributed by atoms with E-state index in [0.717, 1.165) is 30.2 Å². The molecule has 0 atom stereocenters. The van der Waals surface area contributed by atoms with E-state index in [1.165, 1.54) is 0 Å². The van der Waals surface area contributed by atoms with Gasteiger partial charge in [-0.15, -0.1) is 15.3 Å². The standard InChI is InChI=1S/C20H22N6O4/c27-20(21-12-14-1-2-15-16(11-14)30-13-29-15)6-5-18-23-22-17-3-4-19(24-26(17)18)25-7-9-28-10-8-25/h1-4,11H,5-10,12-13H2,(H,21,27). The highest BCUT2D eigenvalue weighted by atomic mass is 16.7. The van der Waals surface area contributed by atoms with E-state index in [1.807, 2.05) is 30.3 Å². The Labute approximate surface area is 172 Å². The summed E-state index contributed by atoms with van der Waals surface area (Å²) >= 11 is 0. The second-order valence-electron chi connectivity index (χ2n) is 7.14. The Morgan fingerprint density at radius 2 is 1.93 bits per heavy atom. The van der Waals surface area contributed by atoms with Crippen LogP contribution in [-0.4, -0.2) is 58.8 Å². The summed E-state index contributed by atoms with van der Waals surface area (Å²) in [6, 6.07) is 9.48. The van der Waals surface area contributed by atoms with Crippen LogP contribution < -0.4 is 19.7 Å². The molecule has 0 radical (unpaired) electrons. The van der Waals surface area contributed by atoms with Gasteiger partial charge in [-0.05, 0) is 29.8 Å². The lowest BCUT2D eigenvalue weighted by Gasteiger charge is -2.27. The van der Waals surface area contributed by atoms with Gasteiger partial charge in [-0.3, -0.25) is 4.79 Å². The van der Waals surface area contributed by atoms with Crippen LogP contribution in [0.1, 0.15) is 17.8 Å². The quantitative estimate of drug-likeness (QED) is 0.641. The Kier molecular flexibility index (Phi) is 5.06. The summed E-state index contributed by atoms with van der Waals surface area (Å²) in [6.07, 6.45) is 0.752. The van der Waals surface area contributed by atoms with E-state index in [-0.39, 0.29) is 12.7 Å². The smallest absolute Gasteiger partial charge is 0.231 e. The van der Waals surface area contributed by atoms with Gasteiger partial charge in [0.25, 0.3) is 0 Å². The molecule has 0 unspecified atom stereocenters. The zero-order valence-electron chi connectivity index (χ0n) is 16.4. The van der Waals surface area contributed by atoms with Crippen molar-refractivity contribution in [2.24, 2.45) is 0 Å². The number of anilines is 1. The number of nitrogens with one attached hydrogen (secondary N) is 1. The molecule has 2 aromatic heterocycles. The maximum absolute atomic E-state index is 12.3. The molecular weight excluding hydrogens is 388 g/mol. The molecule has 0 saturated carbocycles. The Morgan fingerprint density at radius 1 is 1.07 bits per heavy atom. The minimum atomic E-state index is -0.0613. The van der Waals surface area contributed by atoms with Crippen LogP contribution in [0.2, 0.25) is 0 Å². The Balaban J connectivity index is 1.19. The van der Waals surface area contributed by atoms with E-state index in [4.69, 9.17) is 14.2 Å². The van der Waals surface area contributed by atoms with Gasteiger partial charge in [0.05, 0.1) is 13.2 Å². The van der Waals surface area contributed by atoms with Crippen LogP contribution >= 0.6 is 0 Å². The van der Waals surface area contributed by atoms with E-state index in [1.54, 1.807) is 4.52 Å². The monoisotopic (exact) mass is 410 g/mol. The third-order valence-electron chi connectivity index (χ3n) is 5.15. The van der Waals surface area contributed by atoms with Crippen LogP contribution in [0.15, 0.2) is 30.3 Å². The first-order valence-corrected chi connectivity index (χ1v) is 9.95. The summed E-state index contributed by atoms with van der Waals surface area (Å²) in [5.74, 6) is 2.90. The van der Waals surface area contributed by atoms with Crippen molar-refractivity contribution in [3.63, 3.8) is 0 Å². The Bertz CT molecular complexity index is 1060. The molecule has 30 heavy (non-hydrogen) atoms. The minimum absolute atomic E-state index is 0.0613. The van der Waals surface area contributed by atoms with Crippen LogP contribution in [0.25, 0.3) is 5.65 Å². The van der Waals surface area contributed by atoms with Crippen molar-refractivity contribution in [3.8, 4) is 11.5 Å².